The number of nitrogens with one attached hydrogen (secondary N) is 1. The van der Waals surface area contributed by atoms with Crippen molar-refractivity contribution in [3.63, 3.8) is 0 Å². The van der Waals surface area contributed by atoms with Crippen LogP contribution in [0.5, 0.6) is 0 Å². The van der Waals surface area contributed by atoms with Crippen LogP contribution in [0.1, 0.15) is 19.6 Å². The Labute approximate surface area is 71.6 Å². The Morgan fingerprint density at radius 3 is 3.00 bits per heavy atom. The third kappa shape index (κ3) is 1.24. The van der Waals surface area contributed by atoms with E-state index in [1.54, 1.807) is 0 Å². The van der Waals surface area contributed by atoms with Crippen LogP contribution in [0.25, 0.3) is 11.1 Å². The first kappa shape index (κ1) is 7.47. The van der Waals surface area contributed by atoms with Crippen LogP contribution in [-0.4, -0.2) is 4.98 Å². The van der Waals surface area contributed by atoms with Crippen molar-refractivity contribution in [1.29, 1.82) is 0 Å². The molecule has 2 aromatic heterocycles. The second-order valence-electron chi connectivity index (χ2n) is 3.57. The lowest BCUT2D eigenvalue weighted by molar-refractivity contribution is 0.500. The lowest BCUT2D eigenvalue weighted by atomic mass is 10.1. The first-order chi connectivity index (χ1) is 5.75. The van der Waals surface area contributed by atoms with E-state index in [0.29, 0.717) is 5.92 Å². The van der Waals surface area contributed by atoms with Crippen LogP contribution in [0.4, 0.5) is 0 Å². The van der Waals surface area contributed by atoms with E-state index in [1.165, 1.54) is 0 Å². The third-order valence-corrected chi connectivity index (χ3v) is 1.89. The van der Waals surface area contributed by atoms with E-state index in [4.69, 9.17) is 4.42 Å². The third-order valence-electron chi connectivity index (χ3n) is 1.89. The molecule has 0 aliphatic carbocycles. The van der Waals surface area contributed by atoms with Gasteiger partial charge in [0, 0.05) is 18.7 Å². The minimum atomic E-state index is 0.653. The van der Waals surface area contributed by atoms with E-state index < -0.39 is 0 Å². The predicted octanol–water partition coefficient (Wildman–Crippen LogP) is 2.96. The van der Waals surface area contributed by atoms with Crippen molar-refractivity contribution in [3.8, 4) is 0 Å². The molecule has 0 aromatic carbocycles. The maximum atomic E-state index is 5.59. The number of fused-ring (bicyclic) bond motifs is 1. The van der Waals surface area contributed by atoms with E-state index in [9.17, 15) is 0 Å². The standard InChI is InChI=1S/C10H13NO/c1-7(2)5-8-6-9-10(12-8)3-4-11-9/h3-4,6-7,11H,5H2,1-2H3. The fourth-order valence-corrected chi connectivity index (χ4v) is 1.40. The Morgan fingerprint density at radius 1 is 1.50 bits per heavy atom. The molecule has 2 nitrogen and oxygen atoms in total. The van der Waals surface area contributed by atoms with Gasteiger partial charge < -0.3 is 9.40 Å². The summed E-state index contributed by atoms with van der Waals surface area (Å²) >= 11 is 0. The van der Waals surface area contributed by atoms with Gasteiger partial charge in [-0.3, -0.25) is 0 Å². The molecule has 0 aliphatic rings. The monoisotopic (exact) mass is 163 g/mol. The lowest BCUT2D eigenvalue weighted by Gasteiger charge is -1.98. The van der Waals surface area contributed by atoms with Crippen LogP contribution >= 0.6 is 0 Å². The van der Waals surface area contributed by atoms with Gasteiger partial charge in [0.1, 0.15) is 5.76 Å². The fourth-order valence-electron chi connectivity index (χ4n) is 1.40. The van der Waals surface area contributed by atoms with Gasteiger partial charge in [-0.1, -0.05) is 13.8 Å². The number of hydrogen-bond donors (Lipinski definition) is 1. The van der Waals surface area contributed by atoms with Gasteiger partial charge >= 0.3 is 0 Å². The Balaban J connectivity index is 2.32. The molecule has 0 unspecified atom stereocenters. The zero-order valence-corrected chi connectivity index (χ0v) is 7.42. The van der Waals surface area contributed by atoms with Gasteiger partial charge in [-0.15, -0.1) is 0 Å². The average molecular weight is 163 g/mol. The lowest BCUT2D eigenvalue weighted by Crippen LogP contribution is -1.90. The topological polar surface area (TPSA) is 28.9 Å². The summed E-state index contributed by atoms with van der Waals surface area (Å²) in [4.78, 5) is 3.12. The molecular weight excluding hydrogens is 150 g/mol. The predicted molar refractivity (Wildman–Crippen MR) is 49.1 cm³/mol. The molecule has 2 rings (SSSR count). The summed E-state index contributed by atoms with van der Waals surface area (Å²) in [6.07, 6.45) is 2.91. The number of rotatable bonds is 2. The Morgan fingerprint density at radius 2 is 2.33 bits per heavy atom. The van der Waals surface area contributed by atoms with E-state index in [1.807, 2.05) is 12.3 Å². The van der Waals surface area contributed by atoms with Gasteiger partial charge in [0.25, 0.3) is 0 Å². The summed E-state index contributed by atoms with van der Waals surface area (Å²) in [5, 5.41) is 0. The highest BCUT2D eigenvalue weighted by Crippen LogP contribution is 2.19. The molecule has 2 aromatic rings. The molecule has 0 spiro atoms. The van der Waals surface area contributed by atoms with Crippen LogP contribution in [0.2, 0.25) is 0 Å². The van der Waals surface area contributed by atoms with E-state index in [0.717, 1.165) is 23.3 Å². The van der Waals surface area contributed by atoms with E-state index in [-0.39, 0.29) is 0 Å². The maximum Gasteiger partial charge on any atom is 0.151 e. The van der Waals surface area contributed by atoms with Crippen molar-refractivity contribution in [2.45, 2.75) is 20.3 Å². The summed E-state index contributed by atoms with van der Waals surface area (Å²) in [6, 6.07) is 4.04. The molecule has 2 heteroatoms. The van der Waals surface area contributed by atoms with Crippen molar-refractivity contribution in [2.24, 2.45) is 5.92 Å². The molecule has 0 bridgehead atoms. The van der Waals surface area contributed by atoms with Crippen molar-refractivity contribution in [1.82, 2.24) is 4.98 Å². The van der Waals surface area contributed by atoms with Crippen LogP contribution in [0, 0.1) is 5.92 Å². The second-order valence-corrected chi connectivity index (χ2v) is 3.57. The van der Waals surface area contributed by atoms with Gasteiger partial charge in [0.05, 0.1) is 5.52 Å². The SMILES string of the molecule is CC(C)Cc1cc2[nH]ccc2o1. The van der Waals surface area contributed by atoms with Crippen LogP contribution in [0.3, 0.4) is 0 Å². The molecule has 2 heterocycles. The smallest absolute Gasteiger partial charge is 0.151 e. The Bertz CT molecular complexity index is 341. The molecule has 64 valence electrons. The normalized spacial score (nSPS) is 11.6. The van der Waals surface area contributed by atoms with Gasteiger partial charge in [0.15, 0.2) is 5.58 Å². The van der Waals surface area contributed by atoms with E-state index in [2.05, 4.69) is 24.9 Å². The van der Waals surface area contributed by atoms with Crippen LogP contribution in [-0.2, 0) is 6.42 Å². The number of furan rings is 1. The van der Waals surface area contributed by atoms with Gasteiger partial charge in [0.2, 0.25) is 0 Å². The highest BCUT2D eigenvalue weighted by Gasteiger charge is 2.05. The van der Waals surface area contributed by atoms with Crippen LogP contribution in [0.15, 0.2) is 22.7 Å². The molecule has 1 N–H and O–H groups in total. The molecule has 0 aliphatic heterocycles. The number of aromatic nitrogens is 1. The second kappa shape index (κ2) is 2.70. The summed E-state index contributed by atoms with van der Waals surface area (Å²) < 4.78 is 5.59. The van der Waals surface area contributed by atoms with Crippen LogP contribution < -0.4 is 0 Å². The Kier molecular flexibility index (Phi) is 1.68. The zero-order chi connectivity index (χ0) is 8.55. The first-order valence-corrected chi connectivity index (χ1v) is 4.31. The quantitative estimate of drug-likeness (QED) is 0.724. The number of hydrogen-bond acceptors (Lipinski definition) is 1. The summed E-state index contributed by atoms with van der Waals surface area (Å²) in [5.41, 5.74) is 2.07. The largest absolute Gasteiger partial charge is 0.459 e. The van der Waals surface area contributed by atoms with Crippen molar-refractivity contribution >= 4 is 11.1 Å². The van der Waals surface area contributed by atoms with Gasteiger partial charge in [-0.05, 0) is 12.0 Å². The number of H-pyrrole nitrogens is 1. The molecule has 12 heavy (non-hydrogen) atoms. The van der Waals surface area contributed by atoms with Crippen molar-refractivity contribution in [3.05, 3.63) is 24.1 Å². The van der Waals surface area contributed by atoms with Crippen molar-refractivity contribution in [2.75, 3.05) is 0 Å². The fraction of sp³-hybridized carbons (Fsp3) is 0.400. The minimum absolute atomic E-state index is 0.653. The van der Waals surface area contributed by atoms with E-state index >= 15 is 0 Å². The zero-order valence-electron chi connectivity index (χ0n) is 7.42. The first-order valence-electron chi connectivity index (χ1n) is 4.31. The molecule has 0 amide bonds. The highest BCUT2D eigenvalue weighted by atomic mass is 16.3. The maximum absolute atomic E-state index is 5.59. The average Bonchev–Trinajstić information content (AvgIpc) is 2.43. The van der Waals surface area contributed by atoms with Gasteiger partial charge in [-0.2, -0.15) is 0 Å². The van der Waals surface area contributed by atoms with Gasteiger partial charge in [-0.25, -0.2) is 0 Å². The summed E-state index contributed by atoms with van der Waals surface area (Å²) in [6.45, 7) is 4.38. The molecular formula is C10H13NO. The molecule has 0 atom stereocenters. The molecule has 0 saturated carbocycles. The molecule has 0 fully saturated rings. The molecule has 0 radical (unpaired) electrons. The number of aromatic amines is 1. The summed E-state index contributed by atoms with van der Waals surface area (Å²) in [5.74, 6) is 1.73. The Hall–Kier alpha value is -1.18. The van der Waals surface area contributed by atoms with Crippen molar-refractivity contribution < 1.29 is 4.42 Å². The molecule has 0 saturated heterocycles. The highest BCUT2D eigenvalue weighted by molar-refractivity contribution is 5.73. The summed E-state index contributed by atoms with van der Waals surface area (Å²) in [7, 11) is 0. The minimum Gasteiger partial charge on any atom is -0.459 e.